The lowest BCUT2D eigenvalue weighted by Gasteiger charge is -2.07. The molecule has 0 radical (unpaired) electrons. The molecule has 1 N–H and O–H groups in total. The monoisotopic (exact) mass is 350 g/mol. The minimum Gasteiger partial charge on any atom is -0.352 e. The van der Waals surface area contributed by atoms with E-state index in [4.69, 9.17) is 4.98 Å². The van der Waals surface area contributed by atoms with Crippen molar-refractivity contribution in [1.29, 1.82) is 0 Å². The Morgan fingerprint density at radius 1 is 0.667 bits per heavy atom. The van der Waals surface area contributed by atoms with Crippen LogP contribution in [0, 0.1) is 0 Å². The van der Waals surface area contributed by atoms with E-state index in [0.29, 0.717) is 22.9 Å². The van der Waals surface area contributed by atoms with Crippen LogP contribution < -0.4 is 0 Å². The van der Waals surface area contributed by atoms with Crippen LogP contribution in [0.4, 0.5) is 0 Å². The molecule has 0 atom stereocenters. The van der Waals surface area contributed by atoms with E-state index in [9.17, 15) is 0 Å². The number of nitrogens with zero attached hydrogens (tertiary/aromatic N) is 5. The largest absolute Gasteiger partial charge is 0.352 e. The first-order valence-electron chi connectivity index (χ1n) is 8.54. The van der Waals surface area contributed by atoms with E-state index in [1.165, 1.54) is 0 Å². The molecule has 5 aromatic rings. The third kappa shape index (κ3) is 2.83. The maximum Gasteiger partial charge on any atom is 0.198 e. The van der Waals surface area contributed by atoms with Crippen LogP contribution >= 0.6 is 0 Å². The van der Waals surface area contributed by atoms with E-state index < -0.39 is 0 Å². The maximum atomic E-state index is 4.78. The third-order valence-corrected chi connectivity index (χ3v) is 4.27. The Hall–Kier alpha value is -3.93. The number of aromatic nitrogens is 6. The first-order valence-corrected chi connectivity index (χ1v) is 8.54. The standard InChI is InChI=1S/C21H14N6/c1-2-8-15-14(7-1)13-18(24-15)21-25-19(16-9-3-5-11-22-16)20(26-27-21)17-10-4-6-12-23-17/h1-13,24H. The van der Waals surface area contributed by atoms with Gasteiger partial charge in [0.15, 0.2) is 5.82 Å². The molecular formula is C21H14N6. The summed E-state index contributed by atoms with van der Waals surface area (Å²) in [4.78, 5) is 17.0. The average molecular weight is 350 g/mol. The summed E-state index contributed by atoms with van der Waals surface area (Å²) in [7, 11) is 0. The molecular weight excluding hydrogens is 336 g/mol. The first-order chi connectivity index (χ1) is 13.4. The highest BCUT2D eigenvalue weighted by molar-refractivity contribution is 5.85. The van der Waals surface area contributed by atoms with Gasteiger partial charge in [-0.3, -0.25) is 9.97 Å². The summed E-state index contributed by atoms with van der Waals surface area (Å²) in [5.74, 6) is 0.520. The summed E-state index contributed by atoms with van der Waals surface area (Å²) in [5.41, 5.74) is 4.54. The Morgan fingerprint density at radius 2 is 1.37 bits per heavy atom. The molecule has 1 aromatic carbocycles. The smallest absolute Gasteiger partial charge is 0.198 e. The van der Waals surface area contributed by atoms with Gasteiger partial charge in [-0.25, -0.2) is 4.98 Å². The highest BCUT2D eigenvalue weighted by Crippen LogP contribution is 2.28. The van der Waals surface area contributed by atoms with Gasteiger partial charge in [-0.2, -0.15) is 0 Å². The van der Waals surface area contributed by atoms with Crippen molar-refractivity contribution in [2.75, 3.05) is 0 Å². The van der Waals surface area contributed by atoms with Crippen molar-refractivity contribution in [2.45, 2.75) is 0 Å². The van der Waals surface area contributed by atoms with Crippen molar-refractivity contribution < 1.29 is 0 Å². The molecule has 0 amide bonds. The number of hydrogen-bond donors (Lipinski definition) is 1. The van der Waals surface area contributed by atoms with Crippen LogP contribution in [-0.4, -0.2) is 30.1 Å². The number of fused-ring (bicyclic) bond motifs is 1. The molecule has 0 saturated heterocycles. The lowest BCUT2D eigenvalue weighted by atomic mass is 10.1. The van der Waals surface area contributed by atoms with Crippen LogP contribution in [0.2, 0.25) is 0 Å². The Kier molecular flexibility index (Phi) is 3.65. The van der Waals surface area contributed by atoms with Crippen LogP contribution in [-0.2, 0) is 0 Å². The Balaban J connectivity index is 1.71. The molecule has 6 nitrogen and oxygen atoms in total. The fourth-order valence-corrected chi connectivity index (χ4v) is 2.99. The molecule has 6 heteroatoms. The second-order valence-corrected chi connectivity index (χ2v) is 6.03. The maximum absolute atomic E-state index is 4.78. The number of benzene rings is 1. The second kappa shape index (κ2) is 6.42. The number of hydrogen-bond acceptors (Lipinski definition) is 5. The molecule has 4 heterocycles. The zero-order valence-electron chi connectivity index (χ0n) is 14.2. The van der Waals surface area contributed by atoms with Crippen LogP contribution in [0.1, 0.15) is 0 Å². The molecule has 0 fully saturated rings. The van der Waals surface area contributed by atoms with Crippen LogP contribution in [0.15, 0.2) is 79.1 Å². The highest BCUT2D eigenvalue weighted by atomic mass is 15.2. The van der Waals surface area contributed by atoms with Gasteiger partial charge in [-0.05, 0) is 36.4 Å². The van der Waals surface area contributed by atoms with Gasteiger partial charge in [0.1, 0.15) is 11.4 Å². The topological polar surface area (TPSA) is 80.2 Å². The average Bonchev–Trinajstić information content (AvgIpc) is 3.19. The number of nitrogens with one attached hydrogen (secondary N) is 1. The summed E-state index contributed by atoms with van der Waals surface area (Å²) in [6.45, 7) is 0. The lowest BCUT2D eigenvalue weighted by molar-refractivity contribution is 0.975. The lowest BCUT2D eigenvalue weighted by Crippen LogP contribution is -2.01. The van der Waals surface area contributed by atoms with E-state index >= 15 is 0 Å². The van der Waals surface area contributed by atoms with Gasteiger partial charge in [-0.1, -0.05) is 30.3 Å². The van der Waals surface area contributed by atoms with E-state index in [1.54, 1.807) is 12.4 Å². The van der Waals surface area contributed by atoms with E-state index in [-0.39, 0.29) is 0 Å². The van der Waals surface area contributed by atoms with E-state index in [0.717, 1.165) is 22.3 Å². The molecule has 0 spiro atoms. The zero-order chi connectivity index (χ0) is 18.1. The Bertz CT molecular complexity index is 1180. The van der Waals surface area contributed by atoms with E-state index in [1.807, 2.05) is 66.7 Å². The molecule has 0 unspecified atom stereocenters. The minimum atomic E-state index is 0.520. The predicted octanol–water partition coefficient (Wildman–Crippen LogP) is 4.14. The molecule has 0 saturated carbocycles. The summed E-state index contributed by atoms with van der Waals surface area (Å²) < 4.78 is 0. The number of rotatable bonds is 3. The quantitative estimate of drug-likeness (QED) is 0.529. The number of para-hydroxylation sites is 1. The van der Waals surface area contributed by atoms with E-state index in [2.05, 4.69) is 25.1 Å². The summed E-state index contributed by atoms with van der Waals surface area (Å²) in [5, 5.41) is 9.88. The van der Waals surface area contributed by atoms with Crippen LogP contribution in [0.25, 0.3) is 45.2 Å². The van der Waals surface area contributed by atoms with Crippen molar-refractivity contribution in [3.8, 4) is 34.3 Å². The van der Waals surface area contributed by atoms with Gasteiger partial charge >= 0.3 is 0 Å². The van der Waals surface area contributed by atoms with Crippen molar-refractivity contribution in [1.82, 2.24) is 30.1 Å². The van der Waals surface area contributed by atoms with Crippen LogP contribution in [0.5, 0.6) is 0 Å². The van der Waals surface area contributed by atoms with Gasteiger partial charge in [0.25, 0.3) is 0 Å². The molecule has 0 aliphatic carbocycles. The normalized spacial score (nSPS) is 11.0. The molecule has 0 bridgehead atoms. The Labute approximate surface area is 155 Å². The minimum absolute atomic E-state index is 0.520. The molecule has 0 aliphatic rings. The molecule has 4 aromatic heterocycles. The molecule has 27 heavy (non-hydrogen) atoms. The third-order valence-electron chi connectivity index (χ3n) is 4.27. The predicted molar refractivity (Wildman–Crippen MR) is 104 cm³/mol. The highest BCUT2D eigenvalue weighted by Gasteiger charge is 2.17. The summed E-state index contributed by atoms with van der Waals surface area (Å²) in [6, 6.07) is 21.5. The fourth-order valence-electron chi connectivity index (χ4n) is 2.99. The zero-order valence-corrected chi connectivity index (χ0v) is 14.2. The fraction of sp³-hybridized carbons (Fsp3) is 0. The van der Waals surface area contributed by atoms with Crippen LogP contribution in [0.3, 0.4) is 0 Å². The number of pyridine rings is 2. The second-order valence-electron chi connectivity index (χ2n) is 6.03. The van der Waals surface area contributed by atoms with Gasteiger partial charge in [0.2, 0.25) is 0 Å². The summed E-state index contributed by atoms with van der Waals surface area (Å²) >= 11 is 0. The van der Waals surface area contributed by atoms with Gasteiger partial charge in [0, 0.05) is 23.3 Å². The number of aromatic amines is 1. The molecule has 5 rings (SSSR count). The first kappa shape index (κ1) is 15.3. The van der Waals surface area contributed by atoms with Gasteiger partial charge in [-0.15, -0.1) is 10.2 Å². The molecule has 128 valence electrons. The Morgan fingerprint density at radius 3 is 2.07 bits per heavy atom. The van der Waals surface area contributed by atoms with Crippen molar-refractivity contribution in [2.24, 2.45) is 0 Å². The molecule has 0 aliphatic heterocycles. The van der Waals surface area contributed by atoms with Gasteiger partial charge in [0.05, 0.1) is 17.1 Å². The van der Waals surface area contributed by atoms with Crippen molar-refractivity contribution in [3.05, 3.63) is 79.1 Å². The van der Waals surface area contributed by atoms with Crippen molar-refractivity contribution >= 4 is 10.9 Å². The summed E-state index contributed by atoms with van der Waals surface area (Å²) in [6.07, 6.45) is 3.47. The number of H-pyrrole nitrogens is 1. The SMILES string of the molecule is c1ccc(-c2nnc(-c3cc4ccccc4[nH]3)nc2-c2ccccn2)nc1. The van der Waals surface area contributed by atoms with Crippen molar-refractivity contribution in [3.63, 3.8) is 0 Å². The van der Waals surface area contributed by atoms with Gasteiger partial charge < -0.3 is 4.98 Å².